The molecule has 1 aromatic rings. The molecule has 0 aliphatic carbocycles. The van der Waals surface area contributed by atoms with Gasteiger partial charge in [0.25, 0.3) is 0 Å². The van der Waals surface area contributed by atoms with Gasteiger partial charge in [-0.25, -0.2) is 4.39 Å². The summed E-state index contributed by atoms with van der Waals surface area (Å²) < 4.78 is 18.6. The molecule has 0 bridgehead atoms. The van der Waals surface area contributed by atoms with Crippen LogP contribution in [0.25, 0.3) is 0 Å². The fourth-order valence-electron chi connectivity index (χ4n) is 1.64. The first-order valence-electron chi connectivity index (χ1n) is 6.28. The number of benzene rings is 1. The van der Waals surface area contributed by atoms with Crippen molar-refractivity contribution in [2.45, 2.75) is 26.2 Å². The van der Waals surface area contributed by atoms with Gasteiger partial charge in [0, 0.05) is 25.1 Å². The van der Waals surface area contributed by atoms with Crippen molar-refractivity contribution in [3.63, 3.8) is 0 Å². The number of halogens is 1. The monoisotopic (exact) mass is 269 g/mol. The van der Waals surface area contributed by atoms with Crippen molar-refractivity contribution >= 4 is 17.3 Å². The number of nitrogen functional groups attached to an aromatic ring is 1. The molecule has 0 fully saturated rings. The first kappa shape index (κ1) is 15.1. The van der Waals surface area contributed by atoms with Crippen LogP contribution < -0.4 is 21.5 Å². The standard InChI is InChI=1S/C13H20FN3O2/c1-2-19-12-8-11(10(15)7-9(12)14)17-6-4-3-5-13(16)18/h7-8,17H,2-6,15H2,1H3,(H2,16,18). The summed E-state index contributed by atoms with van der Waals surface area (Å²) in [4.78, 5) is 10.6. The lowest BCUT2D eigenvalue weighted by Crippen LogP contribution is -2.11. The van der Waals surface area contributed by atoms with Gasteiger partial charge in [0.2, 0.25) is 5.91 Å². The van der Waals surface area contributed by atoms with E-state index in [9.17, 15) is 9.18 Å². The zero-order chi connectivity index (χ0) is 14.3. The third-order valence-corrected chi connectivity index (χ3v) is 2.57. The molecule has 5 nitrogen and oxygen atoms in total. The van der Waals surface area contributed by atoms with Crippen LogP contribution in [0, 0.1) is 5.82 Å². The number of hydrogen-bond donors (Lipinski definition) is 3. The maximum absolute atomic E-state index is 13.5. The SMILES string of the molecule is CCOc1cc(NCCCCC(N)=O)c(N)cc1F. The molecule has 1 amide bonds. The molecule has 0 aliphatic rings. The second-order valence-corrected chi connectivity index (χ2v) is 4.15. The Kier molecular flexibility index (Phi) is 5.92. The number of ether oxygens (including phenoxy) is 1. The largest absolute Gasteiger partial charge is 0.491 e. The molecule has 0 saturated heterocycles. The fourth-order valence-corrected chi connectivity index (χ4v) is 1.64. The summed E-state index contributed by atoms with van der Waals surface area (Å²) in [6.45, 7) is 2.81. The van der Waals surface area contributed by atoms with Gasteiger partial charge < -0.3 is 21.5 Å². The number of nitrogens with two attached hydrogens (primary N) is 2. The smallest absolute Gasteiger partial charge is 0.217 e. The lowest BCUT2D eigenvalue weighted by atomic mass is 10.2. The summed E-state index contributed by atoms with van der Waals surface area (Å²) in [5, 5.41) is 3.09. The highest BCUT2D eigenvalue weighted by molar-refractivity contribution is 5.73. The van der Waals surface area contributed by atoms with Gasteiger partial charge in [0.05, 0.1) is 18.0 Å². The van der Waals surface area contributed by atoms with E-state index in [-0.39, 0.29) is 11.7 Å². The minimum Gasteiger partial charge on any atom is -0.491 e. The molecule has 0 heterocycles. The van der Waals surface area contributed by atoms with Crippen LogP contribution in [-0.2, 0) is 4.79 Å². The van der Waals surface area contributed by atoms with E-state index in [0.717, 1.165) is 6.42 Å². The molecule has 0 atom stereocenters. The first-order valence-corrected chi connectivity index (χ1v) is 6.28. The van der Waals surface area contributed by atoms with Crippen molar-refractivity contribution in [1.82, 2.24) is 0 Å². The van der Waals surface area contributed by atoms with Crippen molar-refractivity contribution in [3.8, 4) is 5.75 Å². The highest BCUT2D eigenvalue weighted by Crippen LogP contribution is 2.28. The van der Waals surface area contributed by atoms with E-state index in [1.165, 1.54) is 6.07 Å². The van der Waals surface area contributed by atoms with Gasteiger partial charge in [0.15, 0.2) is 11.6 Å². The summed E-state index contributed by atoms with van der Waals surface area (Å²) in [5.74, 6) is -0.602. The molecule has 106 valence electrons. The van der Waals surface area contributed by atoms with Gasteiger partial charge in [-0.3, -0.25) is 4.79 Å². The number of carbonyl (C=O) groups excluding carboxylic acids is 1. The van der Waals surface area contributed by atoms with Gasteiger partial charge in [-0.15, -0.1) is 0 Å². The summed E-state index contributed by atoms with van der Waals surface area (Å²) in [6, 6.07) is 2.78. The summed E-state index contributed by atoms with van der Waals surface area (Å²) >= 11 is 0. The Hall–Kier alpha value is -1.98. The number of amides is 1. The molecule has 0 aliphatic heterocycles. The lowest BCUT2D eigenvalue weighted by Gasteiger charge is -2.12. The minimum atomic E-state index is -0.473. The van der Waals surface area contributed by atoms with E-state index < -0.39 is 5.82 Å². The zero-order valence-electron chi connectivity index (χ0n) is 11.0. The van der Waals surface area contributed by atoms with Crippen molar-refractivity contribution in [2.75, 3.05) is 24.2 Å². The van der Waals surface area contributed by atoms with Crippen LogP contribution >= 0.6 is 0 Å². The van der Waals surface area contributed by atoms with E-state index in [1.54, 1.807) is 13.0 Å². The van der Waals surface area contributed by atoms with Gasteiger partial charge >= 0.3 is 0 Å². The van der Waals surface area contributed by atoms with Crippen LogP contribution in [0.1, 0.15) is 26.2 Å². The van der Waals surface area contributed by atoms with Gasteiger partial charge in [0.1, 0.15) is 0 Å². The van der Waals surface area contributed by atoms with Crippen LogP contribution in [-0.4, -0.2) is 19.1 Å². The van der Waals surface area contributed by atoms with Gasteiger partial charge in [-0.2, -0.15) is 0 Å². The summed E-state index contributed by atoms with van der Waals surface area (Å²) in [5.41, 5.74) is 11.7. The molecule has 6 heteroatoms. The van der Waals surface area contributed by atoms with E-state index in [1.807, 2.05) is 0 Å². The number of carbonyl (C=O) groups is 1. The van der Waals surface area contributed by atoms with Crippen LogP contribution in [0.15, 0.2) is 12.1 Å². The number of unbranched alkanes of at least 4 members (excludes halogenated alkanes) is 1. The predicted molar refractivity (Wildman–Crippen MR) is 73.5 cm³/mol. The van der Waals surface area contributed by atoms with E-state index in [4.69, 9.17) is 16.2 Å². The highest BCUT2D eigenvalue weighted by Gasteiger charge is 2.08. The Morgan fingerprint density at radius 1 is 1.42 bits per heavy atom. The van der Waals surface area contributed by atoms with Gasteiger partial charge in [-0.05, 0) is 19.8 Å². The van der Waals surface area contributed by atoms with Crippen molar-refractivity contribution in [1.29, 1.82) is 0 Å². The Balaban J connectivity index is 2.52. The Bertz CT molecular complexity index is 438. The maximum Gasteiger partial charge on any atom is 0.217 e. The summed E-state index contributed by atoms with van der Waals surface area (Å²) in [6.07, 6.45) is 1.86. The second-order valence-electron chi connectivity index (χ2n) is 4.15. The van der Waals surface area contributed by atoms with E-state index >= 15 is 0 Å². The zero-order valence-corrected chi connectivity index (χ0v) is 11.0. The van der Waals surface area contributed by atoms with Crippen LogP contribution in [0.4, 0.5) is 15.8 Å². The quantitative estimate of drug-likeness (QED) is 0.496. The molecular weight excluding hydrogens is 249 g/mol. The second kappa shape index (κ2) is 7.45. The lowest BCUT2D eigenvalue weighted by molar-refractivity contribution is -0.118. The molecule has 0 radical (unpaired) electrons. The number of nitrogens with one attached hydrogen (secondary N) is 1. The average molecular weight is 269 g/mol. The number of rotatable bonds is 8. The van der Waals surface area contributed by atoms with Crippen LogP contribution in [0.2, 0.25) is 0 Å². The van der Waals surface area contributed by atoms with Crippen LogP contribution in [0.3, 0.4) is 0 Å². The van der Waals surface area contributed by atoms with Crippen molar-refractivity contribution in [3.05, 3.63) is 17.9 Å². The normalized spacial score (nSPS) is 10.2. The summed E-state index contributed by atoms with van der Waals surface area (Å²) in [7, 11) is 0. The maximum atomic E-state index is 13.5. The average Bonchev–Trinajstić information content (AvgIpc) is 2.33. The predicted octanol–water partition coefficient (Wildman–Crippen LogP) is 1.87. The molecule has 0 spiro atoms. The fraction of sp³-hybridized carbons (Fsp3) is 0.462. The molecule has 0 unspecified atom stereocenters. The van der Waals surface area contributed by atoms with E-state index in [0.29, 0.717) is 37.4 Å². The van der Waals surface area contributed by atoms with Crippen LogP contribution in [0.5, 0.6) is 5.75 Å². The molecular formula is C13H20FN3O2. The Morgan fingerprint density at radius 2 is 2.16 bits per heavy atom. The molecule has 0 saturated carbocycles. The molecule has 5 N–H and O–H groups in total. The van der Waals surface area contributed by atoms with Crippen molar-refractivity contribution < 1.29 is 13.9 Å². The highest BCUT2D eigenvalue weighted by atomic mass is 19.1. The third-order valence-electron chi connectivity index (χ3n) is 2.57. The Labute approximate surface area is 112 Å². The molecule has 1 rings (SSSR count). The van der Waals surface area contributed by atoms with Crippen molar-refractivity contribution in [2.24, 2.45) is 5.73 Å². The van der Waals surface area contributed by atoms with E-state index in [2.05, 4.69) is 5.32 Å². The van der Waals surface area contributed by atoms with Gasteiger partial charge in [-0.1, -0.05) is 0 Å². The topological polar surface area (TPSA) is 90.4 Å². The molecule has 0 aromatic heterocycles. The minimum absolute atomic E-state index is 0.177. The first-order chi connectivity index (χ1) is 9.04. The number of anilines is 2. The third kappa shape index (κ3) is 5.03. The number of hydrogen-bond acceptors (Lipinski definition) is 4. The Morgan fingerprint density at radius 3 is 2.79 bits per heavy atom. The molecule has 1 aromatic carbocycles. The molecule has 19 heavy (non-hydrogen) atoms. The number of primary amides is 1.